The van der Waals surface area contributed by atoms with Crippen LogP contribution in [-0.4, -0.2) is 42.0 Å². The topological polar surface area (TPSA) is 72.7 Å². The van der Waals surface area contributed by atoms with Gasteiger partial charge in [0, 0.05) is 24.7 Å². The van der Waals surface area contributed by atoms with Crippen LogP contribution in [-0.2, 0) is 4.74 Å². The Bertz CT molecular complexity index is 556. The minimum Gasteiger partial charge on any atom is -0.378 e. The maximum Gasteiger partial charge on any atom is 0.285 e. The Morgan fingerprint density at radius 3 is 2.68 bits per heavy atom. The SMILES string of the molecule is C#Cc1ccc(C(=O)N2CCOCC2)cc1[N+](=O)[O-]. The molecule has 1 amide bonds. The maximum absolute atomic E-state index is 12.2. The van der Waals surface area contributed by atoms with Crippen molar-refractivity contribution >= 4 is 11.6 Å². The van der Waals surface area contributed by atoms with E-state index in [2.05, 4.69) is 5.92 Å². The number of terminal acetylenes is 1. The van der Waals surface area contributed by atoms with Gasteiger partial charge in [0.15, 0.2) is 0 Å². The lowest BCUT2D eigenvalue weighted by atomic mass is 10.1. The van der Waals surface area contributed by atoms with E-state index in [1.165, 1.54) is 18.2 Å². The van der Waals surface area contributed by atoms with Gasteiger partial charge in [0.1, 0.15) is 5.56 Å². The van der Waals surface area contributed by atoms with Crippen molar-refractivity contribution in [1.82, 2.24) is 4.90 Å². The van der Waals surface area contributed by atoms with Crippen LogP contribution in [0.2, 0.25) is 0 Å². The molecule has 1 saturated heterocycles. The Hall–Kier alpha value is -2.39. The molecule has 1 fully saturated rings. The molecule has 98 valence electrons. The average Bonchev–Trinajstić information content (AvgIpc) is 2.46. The Kier molecular flexibility index (Phi) is 3.78. The molecule has 0 atom stereocenters. The van der Waals surface area contributed by atoms with E-state index >= 15 is 0 Å². The van der Waals surface area contributed by atoms with Crippen LogP contribution in [0.3, 0.4) is 0 Å². The van der Waals surface area contributed by atoms with Crippen molar-refractivity contribution in [1.29, 1.82) is 0 Å². The number of rotatable bonds is 2. The Labute approximate surface area is 110 Å². The summed E-state index contributed by atoms with van der Waals surface area (Å²) in [6.45, 7) is 1.94. The highest BCUT2D eigenvalue weighted by Crippen LogP contribution is 2.20. The summed E-state index contributed by atoms with van der Waals surface area (Å²) in [5.41, 5.74) is 0.220. The van der Waals surface area contributed by atoms with Crippen molar-refractivity contribution in [3.8, 4) is 12.3 Å². The van der Waals surface area contributed by atoms with Crippen molar-refractivity contribution in [2.45, 2.75) is 0 Å². The number of ether oxygens (including phenoxy) is 1. The summed E-state index contributed by atoms with van der Waals surface area (Å²) in [7, 11) is 0. The minimum absolute atomic E-state index is 0.170. The molecule has 1 heterocycles. The number of nitrogens with zero attached hydrogens (tertiary/aromatic N) is 2. The molecule has 1 aromatic rings. The number of nitro groups is 1. The van der Waals surface area contributed by atoms with E-state index in [1.54, 1.807) is 4.90 Å². The monoisotopic (exact) mass is 260 g/mol. The van der Waals surface area contributed by atoms with Gasteiger partial charge in [-0.1, -0.05) is 5.92 Å². The van der Waals surface area contributed by atoms with Gasteiger partial charge in [0.05, 0.1) is 18.1 Å². The van der Waals surface area contributed by atoms with Crippen LogP contribution < -0.4 is 0 Å². The van der Waals surface area contributed by atoms with E-state index < -0.39 is 4.92 Å². The van der Waals surface area contributed by atoms with E-state index in [4.69, 9.17) is 11.2 Å². The van der Waals surface area contributed by atoms with Crippen LogP contribution in [0.25, 0.3) is 0 Å². The van der Waals surface area contributed by atoms with E-state index in [1.807, 2.05) is 0 Å². The first kappa shape index (κ1) is 13.1. The Morgan fingerprint density at radius 1 is 1.42 bits per heavy atom. The molecule has 6 heteroatoms. The van der Waals surface area contributed by atoms with Gasteiger partial charge in [-0.2, -0.15) is 0 Å². The summed E-state index contributed by atoms with van der Waals surface area (Å²) in [5.74, 6) is 2.00. The summed E-state index contributed by atoms with van der Waals surface area (Å²) >= 11 is 0. The number of hydrogen-bond acceptors (Lipinski definition) is 4. The highest BCUT2D eigenvalue weighted by atomic mass is 16.6. The lowest BCUT2D eigenvalue weighted by Crippen LogP contribution is -2.40. The predicted octanol–water partition coefficient (Wildman–Crippen LogP) is 1.05. The number of nitro benzene ring substituents is 1. The smallest absolute Gasteiger partial charge is 0.285 e. The fourth-order valence-corrected chi connectivity index (χ4v) is 1.89. The second kappa shape index (κ2) is 5.50. The largest absolute Gasteiger partial charge is 0.378 e. The molecule has 0 unspecified atom stereocenters. The number of benzene rings is 1. The molecule has 1 aliphatic rings. The van der Waals surface area contributed by atoms with Crippen LogP contribution in [0.15, 0.2) is 18.2 Å². The van der Waals surface area contributed by atoms with Gasteiger partial charge in [0.2, 0.25) is 0 Å². The second-order valence-electron chi connectivity index (χ2n) is 4.04. The van der Waals surface area contributed by atoms with E-state index in [0.717, 1.165) is 0 Å². The molecule has 19 heavy (non-hydrogen) atoms. The number of amides is 1. The first-order valence-corrected chi connectivity index (χ1v) is 5.75. The normalized spacial score (nSPS) is 14.8. The van der Waals surface area contributed by atoms with Crippen LogP contribution in [0.4, 0.5) is 5.69 Å². The predicted molar refractivity (Wildman–Crippen MR) is 67.8 cm³/mol. The molecule has 2 rings (SSSR count). The zero-order valence-electron chi connectivity index (χ0n) is 10.2. The first-order valence-electron chi connectivity index (χ1n) is 5.75. The summed E-state index contributed by atoms with van der Waals surface area (Å²) in [6, 6.07) is 4.17. The van der Waals surface area contributed by atoms with Crippen molar-refractivity contribution in [3.63, 3.8) is 0 Å². The molecule has 0 aliphatic carbocycles. The van der Waals surface area contributed by atoms with Gasteiger partial charge >= 0.3 is 0 Å². The molecular formula is C13H12N2O4. The third kappa shape index (κ3) is 2.72. The molecule has 0 aromatic heterocycles. The van der Waals surface area contributed by atoms with Gasteiger partial charge in [-0.15, -0.1) is 6.42 Å². The van der Waals surface area contributed by atoms with Crippen molar-refractivity contribution < 1.29 is 14.5 Å². The summed E-state index contributed by atoms with van der Waals surface area (Å²) in [4.78, 5) is 24.1. The van der Waals surface area contributed by atoms with Crippen LogP contribution in [0.5, 0.6) is 0 Å². The first-order chi connectivity index (χ1) is 9.13. The Balaban J connectivity index is 2.30. The minimum atomic E-state index is -0.578. The zero-order chi connectivity index (χ0) is 13.8. The van der Waals surface area contributed by atoms with Crippen molar-refractivity contribution in [2.75, 3.05) is 26.3 Å². The number of carbonyl (C=O) groups is 1. The second-order valence-corrected chi connectivity index (χ2v) is 4.04. The van der Waals surface area contributed by atoms with Gasteiger partial charge in [-0.3, -0.25) is 14.9 Å². The molecule has 1 aromatic carbocycles. The van der Waals surface area contributed by atoms with E-state index in [0.29, 0.717) is 26.3 Å². The summed E-state index contributed by atoms with van der Waals surface area (Å²) in [6.07, 6.45) is 5.19. The van der Waals surface area contributed by atoms with Crippen LogP contribution in [0.1, 0.15) is 15.9 Å². The lowest BCUT2D eigenvalue weighted by molar-refractivity contribution is -0.385. The molecule has 6 nitrogen and oxygen atoms in total. The molecular weight excluding hydrogens is 248 g/mol. The van der Waals surface area contributed by atoms with E-state index in [9.17, 15) is 14.9 Å². The summed E-state index contributed by atoms with van der Waals surface area (Å²) < 4.78 is 5.16. The van der Waals surface area contributed by atoms with Gasteiger partial charge < -0.3 is 9.64 Å². The Morgan fingerprint density at radius 2 is 2.11 bits per heavy atom. The quantitative estimate of drug-likeness (QED) is 0.452. The standard InChI is InChI=1S/C13H12N2O4/c1-2-10-3-4-11(9-12(10)15(17)18)13(16)14-5-7-19-8-6-14/h1,3-4,9H,5-8H2. The maximum atomic E-state index is 12.2. The summed E-state index contributed by atoms with van der Waals surface area (Å²) in [5, 5.41) is 10.9. The third-order valence-corrected chi connectivity index (χ3v) is 2.90. The third-order valence-electron chi connectivity index (χ3n) is 2.90. The molecule has 0 N–H and O–H groups in total. The fraction of sp³-hybridized carbons (Fsp3) is 0.308. The molecule has 1 aliphatic heterocycles. The zero-order valence-corrected chi connectivity index (χ0v) is 10.2. The van der Waals surface area contributed by atoms with Crippen LogP contribution >= 0.6 is 0 Å². The fourth-order valence-electron chi connectivity index (χ4n) is 1.89. The van der Waals surface area contributed by atoms with Gasteiger partial charge in [-0.25, -0.2) is 0 Å². The molecule has 0 saturated carbocycles. The van der Waals surface area contributed by atoms with Crippen molar-refractivity contribution in [2.24, 2.45) is 0 Å². The average molecular weight is 260 g/mol. The molecule has 0 bridgehead atoms. The van der Waals surface area contributed by atoms with Gasteiger partial charge in [-0.05, 0) is 12.1 Å². The number of hydrogen-bond donors (Lipinski definition) is 0. The number of carbonyl (C=O) groups excluding carboxylic acids is 1. The molecule has 0 spiro atoms. The highest BCUT2D eigenvalue weighted by molar-refractivity contribution is 5.95. The van der Waals surface area contributed by atoms with Crippen LogP contribution in [0, 0.1) is 22.5 Å². The molecule has 0 radical (unpaired) electrons. The number of morpholine rings is 1. The van der Waals surface area contributed by atoms with Crippen molar-refractivity contribution in [3.05, 3.63) is 39.4 Å². The van der Waals surface area contributed by atoms with E-state index in [-0.39, 0.29) is 22.7 Å². The van der Waals surface area contributed by atoms with Gasteiger partial charge in [0.25, 0.3) is 11.6 Å². The highest BCUT2D eigenvalue weighted by Gasteiger charge is 2.21. The lowest BCUT2D eigenvalue weighted by Gasteiger charge is -2.26.